The first-order valence-corrected chi connectivity index (χ1v) is 11.7. The maximum absolute atomic E-state index is 10.6. The molecule has 38 heavy (non-hydrogen) atoms. The minimum atomic E-state index is -5.08. The molecule has 4 aromatic rings. The first-order valence-electron chi connectivity index (χ1n) is 11.7. The number of halogens is 3. The largest absolute Gasteiger partial charge is 0.490 e. The van der Waals surface area contributed by atoms with Crippen molar-refractivity contribution in [1.82, 2.24) is 19.7 Å². The minimum absolute atomic E-state index is 0.108. The van der Waals surface area contributed by atoms with E-state index in [-0.39, 0.29) is 6.10 Å². The molecule has 1 saturated heterocycles. The second-order valence-electron chi connectivity index (χ2n) is 8.67. The second-order valence-corrected chi connectivity index (χ2v) is 8.67. The molecule has 6 rings (SSSR count). The van der Waals surface area contributed by atoms with E-state index < -0.39 is 12.1 Å². The van der Waals surface area contributed by atoms with E-state index in [1.165, 1.54) is 5.56 Å². The number of carbonyl (C=O) groups is 1. The molecular weight excluding hydrogens is 505 g/mol. The summed E-state index contributed by atoms with van der Waals surface area (Å²) < 4.78 is 50.6. The SMILES string of the molecule is O=C(O)C(F)(F)F.c1ccc(-c2ccc3c(C4CN(Cc5ccc6c(c5)OCO6)CCO4)nnn3c2)cc1. The van der Waals surface area contributed by atoms with Crippen molar-refractivity contribution in [3.05, 3.63) is 78.1 Å². The van der Waals surface area contributed by atoms with Crippen LogP contribution in [0.15, 0.2) is 66.9 Å². The number of hydrogen-bond acceptors (Lipinski definition) is 7. The van der Waals surface area contributed by atoms with Crippen molar-refractivity contribution in [2.75, 3.05) is 26.5 Å². The molecule has 12 heteroatoms. The van der Waals surface area contributed by atoms with Gasteiger partial charge in [0.15, 0.2) is 11.5 Å². The quantitative estimate of drug-likeness (QED) is 0.418. The van der Waals surface area contributed by atoms with Crippen LogP contribution in [-0.2, 0) is 16.1 Å². The number of nitrogens with zero attached hydrogens (tertiary/aromatic N) is 4. The van der Waals surface area contributed by atoms with Crippen molar-refractivity contribution in [2.24, 2.45) is 0 Å². The lowest BCUT2D eigenvalue weighted by atomic mass is 10.1. The van der Waals surface area contributed by atoms with Gasteiger partial charge in [-0.2, -0.15) is 13.2 Å². The molecule has 2 aliphatic heterocycles. The fourth-order valence-corrected chi connectivity index (χ4v) is 4.25. The Balaban J connectivity index is 0.000000374. The molecule has 1 N–H and O–H groups in total. The van der Waals surface area contributed by atoms with Crippen molar-refractivity contribution < 1.29 is 37.3 Å². The fourth-order valence-electron chi connectivity index (χ4n) is 4.25. The molecule has 1 atom stereocenters. The molecule has 0 radical (unpaired) electrons. The normalized spacial score (nSPS) is 17.2. The van der Waals surface area contributed by atoms with E-state index in [1.54, 1.807) is 0 Å². The van der Waals surface area contributed by atoms with Gasteiger partial charge in [0.2, 0.25) is 6.79 Å². The van der Waals surface area contributed by atoms with Crippen LogP contribution in [0.25, 0.3) is 16.6 Å². The van der Waals surface area contributed by atoms with Gasteiger partial charge in [-0.3, -0.25) is 4.90 Å². The maximum Gasteiger partial charge on any atom is 0.490 e. The zero-order valence-electron chi connectivity index (χ0n) is 20.0. The molecule has 2 aliphatic rings. The van der Waals surface area contributed by atoms with Gasteiger partial charge in [0.25, 0.3) is 0 Å². The number of ether oxygens (including phenoxy) is 3. The van der Waals surface area contributed by atoms with Gasteiger partial charge in [-0.15, -0.1) is 5.10 Å². The average molecular weight is 528 g/mol. The summed E-state index contributed by atoms with van der Waals surface area (Å²) in [6.45, 7) is 3.43. The number of fused-ring (bicyclic) bond motifs is 2. The second kappa shape index (κ2) is 10.7. The highest BCUT2D eigenvalue weighted by Gasteiger charge is 2.38. The van der Waals surface area contributed by atoms with E-state index in [1.807, 2.05) is 35.0 Å². The Morgan fingerprint density at radius 2 is 1.79 bits per heavy atom. The van der Waals surface area contributed by atoms with Gasteiger partial charge >= 0.3 is 12.1 Å². The molecule has 0 spiro atoms. The van der Waals surface area contributed by atoms with Gasteiger partial charge in [-0.05, 0) is 29.3 Å². The van der Waals surface area contributed by atoms with Gasteiger partial charge in [0.05, 0.1) is 12.1 Å². The number of alkyl halides is 3. The van der Waals surface area contributed by atoms with Crippen molar-refractivity contribution in [3.63, 3.8) is 0 Å². The van der Waals surface area contributed by atoms with E-state index in [0.29, 0.717) is 13.4 Å². The van der Waals surface area contributed by atoms with Crippen molar-refractivity contribution in [2.45, 2.75) is 18.8 Å². The summed E-state index contributed by atoms with van der Waals surface area (Å²) in [7, 11) is 0. The minimum Gasteiger partial charge on any atom is -0.475 e. The number of morpholine rings is 1. The highest BCUT2D eigenvalue weighted by molar-refractivity contribution is 5.73. The first-order chi connectivity index (χ1) is 18.3. The van der Waals surface area contributed by atoms with Gasteiger partial charge < -0.3 is 19.3 Å². The fraction of sp³-hybridized carbons (Fsp3) is 0.269. The zero-order valence-corrected chi connectivity index (χ0v) is 20.0. The predicted molar refractivity (Wildman–Crippen MR) is 129 cm³/mol. The number of aromatic nitrogens is 3. The summed E-state index contributed by atoms with van der Waals surface area (Å²) >= 11 is 0. The number of hydrogen-bond donors (Lipinski definition) is 1. The molecule has 1 fully saturated rings. The molecule has 0 amide bonds. The van der Waals surface area contributed by atoms with E-state index in [4.69, 9.17) is 24.1 Å². The summed E-state index contributed by atoms with van der Waals surface area (Å²) in [5.74, 6) is -1.12. The van der Waals surface area contributed by atoms with Crippen LogP contribution in [0.3, 0.4) is 0 Å². The summed E-state index contributed by atoms with van der Waals surface area (Å²) in [5, 5.41) is 16.0. The number of carboxylic acid groups (broad SMARTS) is 1. The smallest absolute Gasteiger partial charge is 0.475 e. The third-order valence-corrected chi connectivity index (χ3v) is 6.09. The average Bonchev–Trinajstić information content (AvgIpc) is 3.55. The van der Waals surface area contributed by atoms with Crippen LogP contribution in [0.4, 0.5) is 13.2 Å². The lowest BCUT2D eigenvalue weighted by molar-refractivity contribution is -0.192. The van der Waals surface area contributed by atoms with Gasteiger partial charge in [-0.25, -0.2) is 9.31 Å². The Bertz CT molecular complexity index is 1430. The Hall–Kier alpha value is -4.16. The highest BCUT2D eigenvalue weighted by Crippen LogP contribution is 2.33. The van der Waals surface area contributed by atoms with E-state index in [0.717, 1.165) is 53.5 Å². The summed E-state index contributed by atoms with van der Waals surface area (Å²) in [6.07, 6.45) is -3.17. The van der Waals surface area contributed by atoms with E-state index >= 15 is 0 Å². The molecule has 9 nitrogen and oxygen atoms in total. The molecule has 0 aliphatic carbocycles. The third kappa shape index (κ3) is 5.71. The number of benzene rings is 2. The number of aliphatic carboxylic acids is 1. The van der Waals surface area contributed by atoms with Crippen molar-refractivity contribution in [3.8, 4) is 22.6 Å². The lowest BCUT2D eigenvalue weighted by Gasteiger charge is -2.32. The number of carboxylic acids is 1. The van der Waals surface area contributed by atoms with Crippen molar-refractivity contribution in [1.29, 1.82) is 0 Å². The number of pyridine rings is 1. The van der Waals surface area contributed by atoms with Crippen LogP contribution in [-0.4, -0.2) is 63.5 Å². The molecule has 0 bridgehead atoms. The van der Waals surface area contributed by atoms with Crippen LogP contribution in [0.2, 0.25) is 0 Å². The van der Waals surface area contributed by atoms with Crippen LogP contribution >= 0.6 is 0 Å². The Morgan fingerprint density at radius 3 is 2.55 bits per heavy atom. The standard InChI is InChI=1S/C24H22N4O3.C2HF3O2/c1-2-4-18(5-3-1)19-7-8-20-24(25-26-28(20)14-19)23-15-27(10-11-29-23)13-17-6-9-21-22(12-17)31-16-30-21;3-2(4,5)1(6)7/h1-9,12,14,23H,10-11,13,15-16H2;(H,6,7). The molecule has 0 saturated carbocycles. The Kier molecular flexibility index (Phi) is 7.16. The van der Waals surface area contributed by atoms with Gasteiger partial charge in [0.1, 0.15) is 11.8 Å². The monoisotopic (exact) mass is 528 g/mol. The maximum atomic E-state index is 10.6. The molecule has 4 heterocycles. The molecule has 1 unspecified atom stereocenters. The first kappa shape index (κ1) is 25.5. The predicted octanol–water partition coefficient (Wildman–Crippen LogP) is 4.33. The van der Waals surface area contributed by atoms with E-state index in [2.05, 4.69) is 51.6 Å². The topological polar surface area (TPSA) is 98.4 Å². The number of rotatable bonds is 4. The highest BCUT2D eigenvalue weighted by atomic mass is 19.4. The van der Waals surface area contributed by atoms with Gasteiger partial charge in [0, 0.05) is 31.4 Å². The zero-order chi connectivity index (χ0) is 26.7. The third-order valence-electron chi connectivity index (χ3n) is 6.09. The van der Waals surface area contributed by atoms with Crippen LogP contribution < -0.4 is 9.47 Å². The molecular formula is C26H23F3N4O5. The van der Waals surface area contributed by atoms with Gasteiger partial charge in [-0.1, -0.05) is 47.7 Å². The van der Waals surface area contributed by atoms with Crippen molar-refractivity contribution >= 4 is 11.5 Å². The van der Waals surface area contributed by atoms with Crippen LogP contribution in [0, 0.1) is 0 Å². The molecule has 2 aromatic carbocycles. The Labute approximate surface area is 215 Å². The lowest BCUT2D eigenvalue weighted by Crippen LogP contribution is -2.38. The van der Waals surface area contributed by atoms with Crippen LogP contribution in [0.5, 0.6) is 11.5 Å². The van der Waals surface area contributed by atoms with Crippen LogP contribution in [0.1, 0.15) is 17.4 Å². The summed E-state index contributed by atoms with van der Waals surface area (Å²) in [6, 6.07) is 20.6. The summed E-state index contributed by atoms with van der Waals surface area (Å²) in [5.41, 5.74) is 5.33. The Morgan fingerprint density at radius 1 is 1.03 bits per heavy atom. The molecule has 2 aromatic heterocycles. The van der Waals surface area contributed by atoms with E-state index in [9.17, 15) is 13.2 Å². The summed E-state index contributed by atoms with van der Waals surface area (Å²) in [4.78, 5) is 11.3. The molecule has 198 valence electrons.